The number of rotatable bonds is 5. The molecule has 10 heteroatoms. The highest BCUT2D eigenvalue weighted by atomic mass is 19.1. The normalized spacial score (nSPS) is 10.7. The third kappa shape index (κ3) is 4.27. The molecule has 0 bridgehead atoms. The Morgan fingerprint density at radius 3 is 2.60 bits per heavy atom. The van der Waals surface area contributed by atoms with Crippen molar-refractivity contribution in [2.45, 2.75) is 6.54 Å². The van der Waals surface area contributed by atoms with Crippen LogP contribution in [0.15, 0.2) is 70.0 Å². The zero-order chi connectivity index (χ0) is 21.1. The average Bonchev–Trinajstić information content (AvgIpc) is 3.20. The fourth-order valence-corrected chi connectivity index (χ4v) is 2.62. The predicted molar refractivity (Wildman–Crippen MR) is 102 cm³/mol. The van der Waals surface area contributed by atoms with E-state index >= 15 is 0 Å². The maximum absolute atomic E-state index is 13.2. The van der Waals surface area contributed by atoms with E-state index in [2.05, 4.69) is 20.6 Å². The molecule has 0 fully saturated rings. The summed E-state index contributed by atoms with van der Waals surface area (Å²) in [7, 11) is 0. The van der Waals surface area contributed by atoms with Crippen molar-refractivity contribution < 1.29 is 18.1 Å². The van der Waals surface area contributed by atoms with Crippen LogP contribution in [-0.4, -0.2) is 25.8 Å². The van der Waals surface area contributed by atoms with Gasteiger partial charge in [0, 0.05) is 17.3 Å². The van der Waals surface area contributed by atoms with Gasteiger partial charge in [-0.15, -0.1) is 0 Å². The lowest BCUT2D eigenvalue weighted by atomic mass is 10.2. The van der Waals surface area contributed by atoms with Gasteiger partial charge < -0.3 is 9.84 Å². The van der Waals surface area contributed by atoms with E-state index in [1.165, 1.54) is 54.6 Å². The molecule has 0 unspecified atom stereocenters. The second-order valence-electron chi connectivity index (χ2n) is 6.20. The highest BCUT2D eigenvalue weighted by molar-refractivity contribution is 5.90. The van der Waals surface area contributed by atoms with Gasteiger partial charge in [0.05, 0.1) is 0 Å². The summed E-state index contributed by atoms with van der Waals surface area (Å²) in [5.74, 6) is -1.22. The Morgan fingerprint density at radius 2 is 1.83 bits per heavy atom. The first-order valence-corrected chi connectivity index (χ1v) is 8.71. The number of nitrogens with zero attached hydrogens (tertiary/aromatic N) is 4. The summed E-state index contributed by atoms with van der Waals surface area (Å²) >= 11 is 0. The van der Waals surface area contributed by atoms with E-state index in [4.69, 9.17) is 4.52 Å². The Kier molecular flexibility index (Phi) is 5.12. The topological polar surface area (TPSA) is 103 Å². The third-order valence-corrected chi connectivity index (χ3v) is 4.02. The molecule has 0 aliphatic rings. The summed E-state index contributed by atoms with van der Waals surface area (Å²) in [6, 6.07) is 13.5. The lowest BCUT2D eigenvalue weighted by molar-refractivity contribution is -0.117. The van der Waals surface area contributed by atoms with E-state index in [-0.39, 0.29) is 23.1 Å². The fraction of sp³-hybridized carbons (Fsp3) is 0.0500. The molecule has 2 heterocycles. The lowest BCUT2D eigenvalue weighted by Crippen LogP contribution is -2.29. The number of halogens is 2. The molecule has 0 saturated carbocycles. The van der Waals surface area contributed by atoms with Crippen LogP contribution in [0, 0.1) is 11.6 Å². The molecule has 0 aliphatic carbocycles. The van der Waals surface area contributed by atoms with Gasteiger partial charge in [0.2, 0.25) is 11.7 Å². The number of anilines is 1. The van der Waals surface area contributed by atoms with E-state index in [1.54, 1.807) is 0 Å². The van der Waals surface area contributed by atoms with Gasteiger partial charge >= 0.3 is 0 Å². The number of hydrogen-bond donors (Lipinski definition) is 1. The standard InChI is InChI=1S/C20H13F2N5O3/c21-13-6-4-12(5-7-13)19-24-20(30-26-19)16-8-9-18(29)27(25-16)11-17(28)23-15-3-1-2-14(22)10-15/h1-10H,11H2,(H,23,28). The van der Waals surface area contributed by atoms with Crippen LogP contribution >= 0.6 is 0 Å². The van der Waals surface area contributed by atoms with Gasteiger partial charge in [0.15, 0.2) is 0 Å². The minimum Gasteiger partial charge on any atom is -0.332 e. The van der Waals surface area contributed by atoms with Gasteiger partial charge in [-0.05, 0) is 48.5 Å². The lowest BCUT2D eigenvalue weighted by Gasteiger charge is -2.07. The van der Waals surface area contributed by atoms with Gasteiger partial charge in [-0.2, -0.15) is 10.1 Å². The van der Waals surface area contributed by atoms with Gasteiger partial charge in [-0.25, -0.2) is 13.5 Å². The second-order valence-corrected chi connectivity index (χ2v) is 6.20. The number of carbonyl (C=O) groups excluding carboxylic acids is 1. The van der Waals surface area contributed by atoms with Crippen molar-refractivity contribution in [2.24, 2.45) is 0 Å². The first-order valence-electron chi connectivity index (χ1n) is 8.71. The number of hydrogen-bond acceptors (Lipinski definition) is 6. The van der Waals surface area contributed by atoms with Crippen LogP contribution in [0.1, 0.15) is 0 Å². The average molecular weight is 409 g/mol. The highest BCUT2D eigenvalue weighted by Crippen LogP contribution is 2.20. The van der Waals surface area contributed by atoms with Crippen molar-refractivity contribution in [2.75, 3.05) is 5.32 Å². The molecule has 1 amide bonds. The largest absolute Gasteiger partial charge is 0.332 e. The van der Waals surface area contributed by atoms with Crippen LogP contribution in [0.2, 0.25) is 0 Å². The maximum atomic E-state index is 13.2. The van der Waals surface area contributed by atoms with E-state index < -0.39 is 29.6 Å². The Morgan fingerprint density at radius 1 is 1.03 bits per heavy atom. The van der Waals surface area contributed by atoms with Gasteiger partial charge in [0.1, 0.15) is 23.9 Å². The maximum Gasteiger partial charge on any atom is 0.278 e. The van der Waals surface area contributed by atoms with E-state index in [1.807, 2.05) is 0 Å². The zero-order valence-corrected chi connectivity index (χ0v) is 15.3. The molecule has 0 saturated heterocycles. The number of aromatic nitrogens is 4. The van der Waals surface area contributed by atoms with Crippen LogP contribution in [0.3, 0.4) is 0 Å². The Balaban J connectivity index is 1.54. The molecule has 0 spiro atoms. The fourth-order valence-electron chi connectivity index (χ4n) is 2.62. The minimum absolute atomic E-state index is 0.0219. The summed E-state index contributed by atoms with van der Waals surface area (Å²) in [4.78, 5) is 28.4. The van der Waals surface area contributed by atoms with E-state index in [9.17, 15) is 18.4 Å². The molecular weight excluding hydrogens is 396 g/mol. The Bertz CT molecular complexity index is 1270. The number of carbonyl (C=O) groups is 1. The summed E-state index contributed by atoms with van der Waals surface area (Å²) < 4.78 is 32.4. The van der Waals surface area contributed by atoms with Crippen molar-refractivity contribution >= 4 is 11.6 Å². The van der Waals surface area contributed by atoms with Crippen LogP contribution < -0.4 is 10.9 Å². The SMILES string of the molecule is O=C(Cn1nc(-c2nc(-c3ccc(F)cc3)no2)ccc1=O)Nc1cccc(F)c1. The molecule has 4 aromatic rings. The van der Waals surface area contributed by atoms with Gasteiger partial charge in [0.25, 0.3) is 11.4 Å². The monoisotopic (exact) mass is 409 g/mol. The molecular formula is C20H13F2N5O3. The Labute approximate surface area is 167 Å². The highest BCUT2D eigenvalue weighted by Gasteiger charge is 2.14. The molecule has 8 nitrogen and oxygen atoms in total. The quantitative estimate of drug-likeness (QED) is 0.544. The van der Waals surface area contributed by atoms with Gasteiger partial charge in [-0.3, -0.25) is 9.59 Å². The van der Waals surface area contributed by atoms with Crippen molar-refractivity contribution in [3.05, 3.63) is 82.7 Å². The molecule has 0 atom stereocenters. The summed E-state index contributed by atoms with van der Waals surface area (Å²) in [6.07, 6.45) is 0. The minimum atomic E-state index is -0.565. The predicted octanol–water partition coefficient (Wildman–Crippen LogP) is 2.88. The first-order chi connectivity index (χ1) is 14.5. The van der Waals surface area contributed by atoms with E-state index in [0.29, 0.717) is 5.56 Å². The summed E-state index contributed by atoms with van der Waals surface area (Å²) in [5.41, 5.74) is 0.444. The van der Waals surface area contributed by atoms with Crippen molar-refractivity contribution in [1.29, 1.82) is 0 Å². The third-order valence-electron chi connectivity index (χ3n) is 4.02. The van der Waals surface area contributed by atoms with Gasteiger partial charge in [-0.1, -0.05) is 11.2 Å². The zero-order valence-electron chi connectivity index (χ0n) is 15.3. The molecule has 2 aromatic heterocycles. The van der Waals surface area contributed by atoms with Crippen molar-refractivity contribution in [3.63, 3.8) is 0 Å². The second kappa shape index (κ2) is 8.03. The van der Waals surface area contributed by atoms with Crippen molar-refractivity contribution in [1.82, 2.24) is 19.9 Å². The number of nitrogens with one attached hydrogen (secondary N) is 1. The molecule has 30 heavy (non-hydrogen) atoms. The van der Waals surface area contributed by atoms with Crippen LogP contribution in [0.5, 0.6) is 0 Å². The summed E-state index contributed by atoms with van der Waals surface area (Å²) in [6.45, 7) is -0.401. The molecule has 150 valence electrons. The molecule has 1 N–H and O–H groups in total. The van der Waals surface area contributed by atoms with E-state index in [0.717, 1.165) is 10.7 Å². The molecule has 4 rings (SSSR count). The smallest absolute Gasteiger partial charge is 0.278 e. The Hall–Kier alpha value is -4.21. The first kappa shape index (κ1) is 19.1. The molecule has 0 aliphatic heterocycles. The number of amides is 1. The van der Waals surface area contributed by atoms with Crippen LogP contribution in [-0.2, 0) is 11.3 Å². The van der Waals surface area contributed by atoms with Crippen molar-refractivity contribution in [3.8, 4) is 23.0 Å². The summed E-state index contributed by atoms with van der Waals surface area (Å²) in [5, 5.41) is 10.4. The molecule has 2 aromatic carbocycles. The van der Waals surface area contributed by atoms with Crippen LogP contribution in [0.4, 0.5) is 14.5 Å². The van der Waals surface area contributed by atoms with Crippen LogP contribution in [0.25, 0.3) is 23.0 Å². The molecule has 0 radical (unpaired) electrons. The number of benzene rings is 2.